The standard InChI is InChI=1S/C14H23N3O3/c1-11(5-8-15)16(2)14(20)17-9-6-12(7-10-17)3-4-13(18)19/h11-12H,3-7,9-10H2,1-2H3,(H,18,19). The first kappa shape index (κ1) is 16.3. The maximum atomic E-state index is 12.2. The van der Waals surface area contributed by atoms with E-state index < -0.39 is 5.97 Å². The number of likely N-dealkylation sites (tertiary alicyclic amines) is 1. The first-order valence-electron chi connectivity index (χ1n) is 7.06. The second-order valence-electron chi connectivity index (χ2n) is 5.47. The van der Waals surface area contributed by atoms with E-state index >= 15 is 0 Å². The summed E-state index contributed by atoms with van der Waals surface area (Å²) in [7, 11) is 1.72. The minimum Gasteiger partial charge on any atom is -0.481 e. The number of hydrogen-bond donors (Lipinski definition) is 1. The molecule has 1 saturated heterocycles. The molecule has 1 unspecified atom stereocenters. The van der Waals surface area contributed by atoms with Crippen molar-refractivity contribution in [1.29, 1.82) is 5.26 Å². The third kappa shape index (κ3) is 4.72. The third-order valence-corrected chi connectivity index (χ3v) is 4.00. The minimum atomic E-state index is -0.756. The molecule has 1 N–H and O–H groups in total. The van der Waals surface area contributed by atoms with Crippen molar-refractivity contribution in [3.05, 3.63) is 0 Å². The molecule has 0 radical (unpaired) electrons. The van der Waals surface area contributed by atoms with E-state index in [1.54, 1.807) is 16.8 Å². The molecule has 0 aromatic heterocycles. The highest BCUT2D eigenvalue weighted by Gasteiger charge is 2.26. The third-order valence-electron chi connectivity index (χ3n) is 4.00. The van der Waals surface area contributed by atoms with E-state index in [1.165, 1.54) is 0 Å². The van der Waals surface area contributed by atoms with Crippen molar-refractivity contribution in [2.75, 3.05) is 20.1 Å². The van der Waals surface area contributed by atoms with E-state index in [0.29, 0.717) is 31.8 Å². The van der Waals surface area contributed by atoms with Crippen LogP contribution in [0.4, 0.5) is 4.79 Å². The molecule has 0 aliphatic carbocycles. The van der Waals surface area contributed by atoms with Crippen molar-refractivity contribution in [3.63, 3.8) is 0 Å². The summed E-state index contributed by atoms with van der Waals surface area (Å²) in [5, 5.41) is 17.3. The molecule has 6 heteroatoms. The number of carboxylic acid groups (broad SMARTS) is 1. The van der Waals surface area contributed by atoms with Gasteiger partial charge in [0.15, 0.2) is 0 Å². The van der Waals surface area contributed by atoms with E-state index in [2.05, 4.69) is 6.07 Å². The van der Waals surface area contributed by atoms with Crippen molar-refractivity contribution < 1.29 is 14.7 Å². The fraction of sp³-hybridized carbons (Fsp3) is 0.786. The zero-order valence-electron chi connectivity index (χ0n) is 12.2. The van der Waals surface area contributed by atoms with Gasteiger partial charge < -0.3 is 14.9 Å². The van der Waals surface area contributed by atoms with Crippen LogP contribution in [0.15, 0.2) is 0 Å². The maximum absolute atomic E-state index is 12.2. The quantitative estimate of drug-likeness (QED) is 0.834. The van der Waals surface area contributed by atoms with Crippen LogP contribution < -0.4 is 0 Å². The van der Waals surface area contributed by atoms with Gasteiger partial charge in [-0.1, -0.05) is 0 Å². The van der Waals surface area contributed by atoms with Gasteiger partial charge >= 0.3 is 12.0 Å². The van der Waals surface area contributed by atoms with Crippen LogP contribution in [0.3, 0.4) is 0 Å². The number of nitrogens with zero attached hydrogens (tertiary/aromatic N) is 3. The molecule has 1 aliphatic heterocycles. The molecule has 6 nitrogen and oxygen atoms in total. The van der Waals surface area contributed by atoms with E-state index in [1.807, 2.05) is 6.92 Å². The number of carboxylic acids is 1. The number of amides is 2. The molecular weight excluding hydrogens is 258 g/mol. The Labute approximate surface area is 120 Å². The van der Waals surface area contributed by atoms with Gasteiger partial charge in [-0.15, -0.1) is 0 Å². The van der Waals surface area contributed by atoms with Gasteiger partial charge in [0.2, 0.25) is 0 Å². The fourth-order valence-electron chi connectivity index (χ4n) is 2.42. The topological polar surface area (TPSA) is 84.6 Å². The number of carbonyl (C=O) groups excluding carboxylic acids is 1. The maximum Gasteiger partial charge on any atom is 0.320 e. The molecule has 1 aliphatic rings. The Morgan fingerprint density at radius 2 is 2.05 bits per heavy atom. The average Bonchev–Trinajstić information content (AvgIpc) is 2.44. The van der Waals surface area contributed by atoms with E-state index in [-0.39, 0.29) is 18.5 Å². The van der Waals surface area contributed by atoms with Crippen LogP contribution in [0, 0.1) is 17.2 Å². The average molecular weight is 281 g/mol. The lowest BCUT2D eigenvalue weighted by atomic mass is 9.92. The normalized spacial score (nSPS) is 17.4. The SMILES string of the molecule is CC(CC#N)N(C)C(=O)N1CCC(CCC(=O)O)CC1. The lowest BCUT2D eigenvalue weighted by Gasteiger charge is -2.36. The van der Waals surface area contributed by atoms with Gasteiger partial charge in [-0.05, 0) is 32.1 Å². The number of hydrogen-bond acceptors (Lipinski definition) is 3. The van der Waals surface area contributed by atoms with E-state index in [9.17, 15) is 9.59 Å². The lowest BCUT2D eigenvalue weighted by molar-refractivity contribution is -0.137. The largest absolute Gasteiger partial charge is 0.481 e. The Hall–Kier alpha value is -1.77. The summed E-state index contributed by atoms with van der Waals surface area (Å²) in [5.74, 6) is -0.356. The van der Waals surface area contributed by atoms with Crippen molar-refractivity contribution in [2.24, 2.45) is 5.92 Å². The second-order valence-corrected chi connectivity index (χ2v) is 5.47. The zero-order chi connectivity index (χ0) is 15.1. The Kier molecular flexibility index (Phi) is 6.29. The summed E-state index contributed by atoms with van der Waals surface area (Å²) < 4.78 is 0. The number of nitriles is 1. The summed E-state index contributed by atoms with van der Waals surface area (Å²) in [5.41, 5.74) is 0. The van der Waals surface area contributed by atoms with Crippen molar-refractivity contribution >= 4 is 12.0 Å². The second kappa shape index (κ2) is 7.73. The molecule has 20 heavy (non-hydrogen) atoms. The van der Waals surface area contributed by atoms with Crippen LogP contribution in [-0.2, 0) is 4.79 Å². The summed E-state index contributed by atoms with van der Waals surface area (Å²) in [6.07, 6.45) is 2.95. The number of aliphatic carboxylic acids is 1. The Morgan fingerprint density at radius 1 is 1.45 bits per heavy atom. The van der Waals surface area contributed by atoms with Gasteiger partial charge in [-0.3, -0.25) is 4.79 Å². The van der Waals surface area contributed by atoms with Gasteiger partial charge in [0.25, 0.3) is 0 Å². The first-order chi connectivity index (χ1) is 9.45. The highest BCUT2D eigenvalue weighted by Crippen LogP contribution is 2.22. The molecule has 1 atom stereocenters. The molecular formula is C14H23N3O3. The van der Waals surface area contributed by atoms with Crippen LogP contribution >= 0.6 is 0 Å². The minimum absolute atomic E-state index is 0.0376. The number of rotatable bonds is 5. The summed E-state index contributed by atoms with van der Waals surface area (Å²) in [6, 6.07) is 1.95. The molecule has 1 heterocycles. The molecule has 0 spiro atoms. The van der Waals surface area contributed by atoms with Crippen LogP contribution in [0.2, 0.25) is 0 Å². The monoisotopic (exact) mass is 281 g/mol. The summed E-state index contributed by atoms with van der Waals surface area (Å²) in [4.78, 5) is 26.2. The van der Waals surface area contributed by atoms with E-state index in [4.69, 9.17) is 10.4 Å². The van der Waals surface area contributed by atoms with Crippen LogP contribution in [-0.4, -0.2) is 53.1 Å². The first-order valence-corrected chi connectivity index (χ1v) is 7.06. The van der Waals surface area contributed by atoms with Crippen LogP contribution in [0.5, 0.6) is 0 Å². The Morgan fingerprint density at radius 3 is 2.55 bits per heavy atom. The highest BCUT2D eigenvalue weighted by atomic mass is 16.4. The van der Waals surface area contributed by atoms with Crippen molar-refractivity contribution in [3.8, 4) is 6.07 Å². The molecule has 1 fully saturated rings. The summed E-state index contributed by atoms with van der Waals surface area (Å²) >= 11 is 0. The Balaban J connectivity index is 2.39. The number of piperidine rings is 1. The van der Waals surface area contributed by atoms with E-state index in [0.717, 1.165) is 12.8 Å². The molecule has 1 rings (SSSR count). The van der Waals surface area contributed by atoms with Gasteiger partial charge in [-0.25, -0.2) is 4.79 Å². The predicted molar refractivity (Wildman–Crippen MR) is 74.0 cm³/mol. The molecule has 0 bridgehead atoms. The molecule has 2 amide bonds. The van der Waals surface area contributed by atoms with Crippen LogP contribution in [0.25, 0.3) is 0 Å². The van der Waals surface area contributed by atoms with Gasteiger partial charge in [0, 0.05) is 32.6 Å². The number of carbonyl (C=O) groups is 2. The highest BCUT2D eigenvalue weighted by molar-refractivity contribution is 5.74. The Bertz CT molecular complexity index is 384. The van der Waals surface area contributed by atoms with Gasteiger partial charge in [0.1, 0.15) is 0 Å². The summed E-state index contributed by atoms with van der Waals surface area (Å²) in [6.45, 7) is 3.21. The van der Waals surface area contributed by atoms with Crippen LogP contribution in [0.1, 0.15) is 39.0 Å². The smallest absolute Gasteiger partial charge is 0.320 e. The molecule has 0 aromatic rings. The predicted octanol–water partition coefficient (Wildman–Crippen LogP) is 1.92. The molecule has 0 aromatic carbocycles. The van der Waals surface area contributed by atoms with Gasteiger partial charge in [-0.2, -0.15) is 5.26 Å². The van der Waals surface area contributed by atoms with Crippen molar-refractivity contribution in [2.45, 2.75) is 45.1 Å². The van der Waals surface area contributed by atoms with Gasteiger partial charge in [0.05, 0.1) is 12.5 Å². The lowest BCUT2D eigenvalue weighted by Crippen LogP contribution is -2.48. The molecule has 0 saturated carbocycles. The van der Waals surface area contributed by atoms with Crippen molar-refractivity contribution in [1.82, 2.24) is 9.80 Å². The molecule has 112 valence electrons. The fourth-order valence-corrected chi connectivity index (χ4v) is 2.42. The zero-order valence-corrected chi connectivity index (χ0v) is 12.2. The number of urea groups is 1.